The first-order chi connectivity index (χ1) is 8.61. The summed E-state index contributed by atoms with van der Waals surface area (Å²) >= 11 is 5.20. The Balaban J connectivity index is 2.23. The fraction of sp³-hybridized carbons (Fsp3) is 0.462. The quantitative estimate of drug-likeness (QED) is 0.875. The number of H-pyrrole nitrogens is 1. The summed E-state index contributed by atoms with van der Waals surface area (Å²) in [4.78, 5) is 9.20. The van der Waals surface area contributed by atoms with Crippen LogP contribution in [0, 0.1) is 5.92 Å². The molecule has 1 unspecified atom stereocenters. The molecule has 1 atom stereocenters. The Morgan fingerprint density at radius 3 is 2.83 bits per heavy atom. The van der Waals surface area contributed by atoms with Crippen molar-refractivity contribution in [1.82, 2.24) is 15.3 Å². The Bertz CT molecular complexity index is 504. The molecule has 0 bridgehead atoms. The van der Waals surface area contributed by atoms with E-state index < -0.39 is 0 Å². The third-order valence-corrected chi connectivity index (χ3v) is 4.73. The van der Waals surface area contributed by atoms with E-state index in [4.69, 9.17) is 0 Å². The summed E-state index contributed by atoms with van der Waals surface area (Å²) in [6, 6.07) is 2.12. The van der Waals surface area contributed by atoms with Crippen molar-refractivity contribution in [2.75, 3.05) is 13.6 Å². The van der Waals surface area contributed by atoms with Gasteiger partial charge in [0.2, 0.25) is 0 Å². The van der Waals surface area contributed by atoms with Gasteiger partial charge in [0.25, 0.3) is 0 Å². The van der Waals surface area contributed by atoms with Crippen LogP contribution in [0.3, 0.4) is 0 Å². The number of thiophene rings is 1. The molecule has 0 saturated heterocycles. The zero-order valence-electron chi connectivity index (χ0n) is 10.8. The molecule has 2 heterocycles. The normalized spacial score (nSPS) is 13.2. The lowest BCUT2D eigenvalue weighted by molar-refractivity contribution is 0.461. The zero-order chi connectivity index (χ0) is 13.1. The first kappa shape index (κ1) is 13.8. The number of nitrogens with one attached hydrogen (secondary N) is 2. The van der Waals surface area contributed by atoms with Gasteiger partial charge in [0, 0.05) is 22.3 Å². The number of halogens is 1. The smallest absolute Gasteiger partial charge is 0.111 e. The van der Waals surface area contributed by atoms with Crippen molar-refractivity contribution in [1.29, 1.82) is 0 Å². The maximum atomic E-state index is 4.54. The van der Waals surface area contributed by atoms with Gasteiger partial charge in [-0.25, -0.2) is 4.98 Å². The van der Waals surface area contributed by atoms with Gasteiger partial charge >= 0.3 is 0 Å². The minimum absolute atomic E-state index is 0.423. The maximum absolute atomic E-state index is 4.54. The molecule has 2 rings (SSSR count). The van der Waals surface area contributed by atoms with Gasteiger partial charge in [-0.3, -0.25) is 0 Å². The predicted molar refractivity (Wildman–Crippen MR) is 81.1 cm³/mol. The van der Waals surface area contributed by atoms with Gasteiger partial charge in [-0.15, -0.1) is 11.3 Å². The monoisotopic (exact) mass is 327 g/mol. The number of imidazole rings is 1. The van der Waals surface area contributed by atoms with Crippen molar-refractivity contribution >= 4 is 27.3 Å². The lowest BCUT2D eigenvalue weighted by atomic mass is 9.95. The third kappa shape index (κ3) is 3.02. The number of hydrogen-bond acceptors (Lipinski definition) is 3. The summed E-state index contributed by atoms with van der Waals surface area (Å²) in [6.07, 6.45) is 1.93. The number of aromatic nitrogens is 2. The van der Waals surface area contributed by atoms with Crippen LogP contribution in [0.25, 0.3) is 10.6 Å². The van der Waals surface area contributed by atoms with Gasteiger partial charge in [-0.05, 0) is 35.0 Å². The lowest BCUT2D eigenvalue weighted by Crippen LogP contribution is -2.22. The molecule has 0 spiro atoms. The second kappa shape index (κ2) is 5.99. The summed E-state index contributed by atoms with van der Waals surface area (Å²) < 4.78 is 1.12. The molecule has 0 aromatic carbocycles. The molecule has 0 radical (unpaired) electrons. The number of nitrogens with zero attached hydrogens (tertiary/aromatic N) is 1. The summed E-state index contributed by atoms with van der Waals surface area (Å²) in [5.41, 5.74) is 1.10. The molecule has 0 aliphatic rings. The van der Waals surface area contributed by atoms with Gasteiger partial charge in [0.1, 0.15) is 5.82 Å². The van der Waals surface area contributed by atoms with Crippen LogP contribution in [-0.2, 0) is 0 Å². The minimum Gasteiger partial charge on any atom is -0.341 e. The van der Waals surface area contributed by atoms with E-state index in [2.05, 4.69) is 56.5 Å². The fourth-order valence-electron chi connectivity index (χ4n) is 1.97. The van der Waals surface area contributed by atoms with Crippen molar-refractivity contribution in [3.8, 4) is 10.6 Å². The van der Waals surface area contributed by atoms with E-state index in [1.807, 2.05) is 13.2 Å². The highest BCUT2D eigenvalue weighted by molar-refractivity contribution is 9.10. The summed E-state index contributed by atoms with van der Waals surface area (Å²) in [6.45, 7) is 5.40. The zero-order valence-corrected chi connectivity index (χ0v) is 13.2. The van der Waals surface area contributed by atoms with E-state index >= 15 is 0 Å². The van der Waals surface area contributed by atoms with E-state index in [1.54, 1.807) is 11.3 Å². The van der Waals surface area contributed by atoms with Crippen LogP contribution >= 0.6 is 27.3 Å². The standard InChI is InChI=1S/C13H18BrN3S/c1-8(2)10(5-15-3)13-16-6-11(17-13)12-4-9(14)7-18-12/h4,6-8,10,15H,5H2,1-3H3,(H,16,17). The Morgan fingerprint density at radius 1 is 1.50 bits per heavy atom. The number of likely N-dealkylation sites (N-methyl/N-ethyl adjacent to an activating group) is 1. The van der Waals surface area contributed by atoms with Crippen LogP contribution in [0.5, 0.6) is 0 Å². The Kier molecular flexibility index (Phi) is 4.59. The molecule has 0 amide bonds. The highest BCUT2D eigenvalue weighted by Gasteiger charge is 2.18. The van der Waals surface area contributed by atoms with Crippen LogP contribution < -0.4 is 5.32 Å². The lowest BCUT2D eigenvalue weighted by Gasteiger charge is -2.17. The average Bonchev–Trinajstić information content (AvgIpc) is 2.93. The second-order valence-corrected chi connectivity index (χ2v) is 6.55. The van der Waals surface area contributed by atoms with Crippen molar-refractivity contribution in [3.63, 3.8) is 0 Å². The topological polar surface area (TPSA) is 40.7 Å². The number of rotatable bonds is 5. The summed E-state index contributed by atoms with van der Waals surface area (Å²) in [7, 11) is 1.98. The molecular formula is C13H18BrN3S. The van der Waals surface area contributed by atoms with Crippen molar-refractivity contribution in [2.24, 2.45) is 5.92 Å². The molecule has 0 aliphatic heterocycles. The first-order valence-electron chi connectivity index (χ1n) is 6.05. The van der Waals surface area contributed by atoms with E-state index in [0.717, 1.165) is 22.5 Å². The number of aromatic amines is 1. The van der Waals surface area contributed by atoms with E-state index in [0.29, 0.717) is 11.8 Å². The van der Waals surface area contributed by atoms with Crippen molar-refractivity contribution in [2.45, 2.75) is 19.8 Å². The first-order valence-corrected chi connectivity index (χ1v) is 7.73. The molecule has 0 aliphatic carbocycles. The predicted octanol–water partition coefficient (Wildman–Crippen LogP) is 3.86. The van der Waals surface area contributed by atoms with Crippen LogP contribution in [0.1, 0.15) is 25.6 Å². The molecule has 2 aromatic heterocycles. The van der Waals surface area contributed by atoms with E-state index in [-0.39, 0.29) is 0 Å². The third-order valence-electron chi connectivity index (χ3n) is 3.01. The molecule has 3 nitrogen and oxygen atoms in total. The molecule has 0 saturated carbocycles. The maximum Gasteiger partial charge on any atom is 0.111 e. The molecule has 2 N–H and O–H groups in total. The largest absolute Gasteiger partial charge is 0.341 e. The van der Waals surface area contributed by atoms with Crippen molar-refractivity contribution < 1.29 is 0 Å². The molecule has 2 aromatic rings. The van der Waals surface area contributed by atoms with Gasteiger partial charge in [-0.2, -0.15) is 0 Å². The van der Waals surface area contributed by atoms with Crippen LogP contribution in [0.4, 0.5) is 0 Å². The van der Waals surface area contributed by atoms with Crippen molar-refractivity contribution in [3.05, 3.63) is 27.9 Å². The minimum atomic E-state index is 0.423. The molecule has 0 fully saturated rings. The highest BCUT2D eigenvalue weighted by atomic mass is 79.9. The molecular weight excluding hydrogens is 310 g/mol. The Hall–Kier alpha value is -0.650. The van der Waals surface area contributed by atoms with Crippen LogP contribution in [-0.4, -0.2) is 23.6 Å². The fourth-order valence-corrected chi connectivity index (χ4v) is 3.37. The second-order valence-electron chi connectivity index (χ2n) is 4.72. The summed E-state index contributed by atoms with van der Waals surface area (Å²) in [5.74, 6) is 2.05. The molecule has 5 heteroatoms. The van der Waals surface area contributed by atoms with Crippen LogP contribution in [0.15, 0.2) is 22.1 Å². The van der Waals surface area contributed by atoms with Gasteiger partial charge < -0.3 is 10.3 Å². The Labute approximate surface area is 120 Å². The highest BCUT2D eigenvalue weighted by Crippen LogP contribution is 2.30. The van der Waals surface area contributed by atoms with Gasteiger partial charge in [0.05, 0.1) is 16.8 Å². The van der Waals surface area contributed by atoms with Gasteiger partial charge in [-0.1, -0.05) is 13.8 Å². The van der Waals surface area contributed by atoms with E-state index in [1.165, 1.54) is 4.88 Å². The van der Waals surface area contributed by atoms with Gasteiger partial charge in [0.15, 0.2) is 0 Å². The van der Waals surface area contributed by atoms with E-state index in [9.17, 15) is 0 Å². The summed E-state index contributed by atoms with van der Waals surface area (Å²) in [5, 5.41) is 5.32. The average molecular weight is 328 g/mol. The molecule has 18 heavy (non-hydrogen) atoms. The molecule has 98 valence electrons. The van der Waals surface area contributed by atoms with Crippen LogP contribution in [0.2, 0.25) is 0 Å². The number of hydrogen-bond donors (Lipinski definition) is 2. The SMILES string of the molecule is CNCC(c1ncc(-c2cc(Br)cs2)[nH]1)C(C)C. The Morgan fingerprint density at radius 2 is 2.28 bits per heavy atom.